The number of hydrogen-bond acceptors (Lipinski definition) is 4. The minimum atomic E-state index is -6.19. The van der Waals surface area contributed by atoms with Crippen LogP contribution in [0.25, 0.3) is 0 Å². The van der Waals surface area contributed by atoms with Gasteiger partial charge in [0.1, 0.15) is 0 Å². The molecule has 1 heterocycles. The molecule has 160 valence electrons. The highest BCUT2D eigenvalue weighted by molar-refractivity contribution is 5.76. The molecule has 27 heavy (non-hydrogen) atoms. The van der Waals surface area contributed by atoms with Gasteiger partial charge < -0.3 is 14.6 Å². The van der Waals surface area contributed by atoms with Crippen molar-refractivity contribution in [1.29, 1.82) is 0 Å². The normalized spacial score (nSPS) is 33.8. The van der Waals surface area contributed by atoms with E-state index in [1.165, 1.54) is 6.92 Å². The van der Waals surface area contributed by atoms with E-state index in [9.17, 15) is 49.4 Å². The van der Waals surface area contributed by atoms with Gasteiger partial charge in [-0.2, -0.15) is 30.7 Å². The van der Waals surface area contributed by atoms with E-state index in [4.69, 9.17) is 0 Å². The Morgan fingerprint density at radius 2 is 1.59 bits per heavy atom. The zero-order chi connectivity index (χ0) is 21.9. The molecule has 3 unspecified atom stereocenters. The Bertz CT molecular complexity index is 590. The van der Waals surface area contributed by atoms with Crippen molar-refractivity contribution in [1.82, 2.24) is 0 Å². The van der Waals surface area contributed by atoms with E-state index in [0.29, 0.717) is 0 Å². The molecular formula is C14H17F9O4. The maximum absolute atomic E-state index is 14.4. The number of esters is 1. The van der Waals surface area contributed by atoms with E-state index in [1.807, 2.05) is 0 Å². The van der Waals surface area contributed by atoms with E-state index in [2.05, 4.69) is 9.47 Å². The first kappa shape index (κ1) is 23.8. The Morgan fingerprint density at radius 1 is 1.15 bits per heavy atom. The molecule has 1 rings (SSSR count). The fourth-order valence-corrected chi connectivity index (χ4v) is 2.11. The van der Waals surface area contributed by atoms with Gasteiger partial charge in [-0.1, -0.05) is 6.92 Å². The van der Waals surface area contributed by atoms with Crippen molar-refractivity contribution in [2.45, 2.75) is 76.1 Å². The van der Waals surface area contributed by atoms with E-state index >= 15 is 0 Å². The minimum absolute atomic E-state index is 0.165. The summed E-state index contributed by atoms with van der Waals surface area (Å²) in [6, 6.07) is 0. The summed E-state index contributed by atoms with van der Waals surface area (Å²) in [5, 5.41) is 9.40. The van der Waals surface area contributed by atoms with Gasteiger partial charge in [0.05, 0.1) is 5.41 Å². The first-order valence-corrected chi connectivity index (χ1v) is 7.46. The zero-order valence-electron chi connectivity index (χ0n) is 14.4. The van der Waals surface area contributed by atoms with Gasteiger partial charge in [-0.3, -0.25) is 4.79 Å². The Balaban J connectivity index is 3.66. The monoisotopic (exact) mass is 420 g/mol. The lowest BCUT2D eigenvalue weighted by atomic mass is 9.81. The molecule has 4 nitrogen and oxygen atoms in total. The molecule has 1 fully saturated rings. The lowest BCUT2D eigenvalue weighted by Crippen LogP contribution is -2.81. The van der Waals surface area contributed by atoms with Crippen molar-refractivity contribution in [3.8, 4) is 0 Å². The highest BCUT2D eigenvalue weighted by atomic mass is 19.4. The Hall–Kier alpha value is -1.24. The van der Waals surface area contributed by atoms with Crippen LogP contribution in [-0.4, -0.2) is 53.0 Å². The molecule has 13 heteroatoms. The first-order valence-electron chi connectivity index (χ1n) is 7.46. The number of halogens is 9. The van der Waals surface area contributed by atoms with Crippen molar-refractivity contribution >= 4 is 5.97 Å². The fraction of sp³-hybridized carbons (Fsp3) is 0.929. The minimum Gasteiger partial charge on any atom is -0.449 e. The molecule has 3 atom stereocenters. The Kier molecular flexibility index (Phi) is 5.63. The van der Waals surface area contributed by atoms with Crippen molar-refractivity contribution in [2.24, 2.45) is 5.41 Å². The summed E-state index contributed by atoms with van der Waals surface area (Å²) in [4.78, 5) is 11.9. The SMILES string of the molecule is CCC(C)(C)C(=O)OC1C(F)(F)C(O)(C(F)F)OC(C)(C(F)(F)F)C1(F)F. The topological polar surface area (TPSA) is 55.8 Å². The van der Waals surface area contributed by atoms with Crippen LogP contribution in [0.5, 0.6) is 0 Å². The average Bonchev–Trinajstić information content (AvgIpc) is 2.48. The van der Waals surface area contributed by atoms with Gasteiger partial charge in [0.15, 0.2) is 0 Å². The second kappa shape index (κ2) is 6.39. The third kappa shape index (κ3) is 3.26. The summed E-state index contributed by atoms with van der Waals surface area (Å²) in [5.41, 5.74) is -6.71. The molecular weight excluding hydrogens is 403 g/mol. The summed E-state index contributed by atoms with van der Waals surface area (Å²) >= 11 is 0. The molecule has 0 amide bonds. The van der Waals surface area contributed by atoms with Crippen LogP contribution in [0.2, 0.25) is 0 Å². The number of carbonyl (C=O) groups excluding carboxylic acids is 1. The van der Waals surface area contributed by atoms with Crippen LogP contribution in [0.3, 0.4) is 0 Å². The van der Waals surface area contributed by atoms with Crippen LogP contribution in [0.1, 0.15) is 34.1 Å². The van der Waals surface area contributed by atoms with Gasteiger partial charge in [0, 0.05) is 0 Å². The van der Waals surface area contributed by atoms with Gasteiger partial charge in [-0.15, -0.1) is 0 Å². The summed E-state index contributed by atoms with van der Waals surface area (Å²) in [7, 11) is 0. The van der Waals surface area contributed by atoms with Crippen molar-refractivity contribution in [3.63, 3.8) is 0 Å². The molecule has 0 aromatic carbocycles. The number of hydrogen-bond donors (Lipinski definition) is 1. The zero-order valence-corrected chi connectivity index (χ0v) is 14.4. The van der Waals surface area contributed by atoms with Crippen molar-refractivity contribution in [3.05, 3.63) is 0 Å². The van der Waals surface area contributed by atoms with Gasteiger partial charge in [-0.25, -0.2) is 8.78 Å². The number of ether oxygens (including phenoxy) is 2. The summed E-state index contributed by atoms with van der Waals surface area (Å²) < 4.78 is 130. The van der Waals surface area contributed by atoms with Gasteiger partial charge in [0.25, 0.3) is 12.2 Å². The standard InChI is InChI=1S/C14H17F9O4/c1-5-9(2,3)8(24)26-6-11(17,18)10(4,14(21,22)23)27-13(25,7(15)16)12(6,19)20/h6-7,25H,5H2,1-4H3. The maximum atomic E-state index is 14.4. The number of carbonyl (C=O) groups is 1. The molecule has 1 aliphatic rings. The maximum Gasteiger partial charge on any atom is 0.423 e. The molecule has 1 aliphatic heterocycles. The van der Waals surface area contributed by atoms with Gasteiger partial charge in [-0.05, 0) is 27.2 Å². The molecule has 0 saturated carbocycles. The summed E-state index contributed by atoms with van der Waals surface area (Å²) in [6.07, 6.45) is -15.5. The lowest BCUT2D eigenvalue weighted by molar-refractivity contribution is -0.508. The highest BCUT2D eigenvalue weighted by Crippen LogP contribution is 2.59. The third-order valence-electron chi connectivity index (χ3n) is 4.63. The van der Waals surface area contributed by atoms with Crippen molar-refractivity contribution < 1.29 is 58.9 Å². The molecule has 1 saturated heterocycles. The second-order valence-electron chi connectivity index (χ2n) is 6.90. The first-order chi connectivity index (χ1) is 11.7. The molecule has 0 spiro atoms. The number of alkyl halides is 9. The van der Waals surface area contributed by atoms with Gasteiger partial charge >= 0.3 is 24.0 Å². The Morgan fingerprint density at radius 3 is 1.93 bits per heavy atom. The molecule has 0 aliphatic carbocycles. The molecule has 0 bridgehead atoms. The smallest absolute Gasteiger partial charge is 0.423 e. The van der Waals surface area contributed by atoms with Crippen LogP contribution in [0.15, 0.2) is 0 Å². The molecule has 0 aromatic rings. The Labute approximate surface area is 147 Å². The lowest BCUT2D eigenvalue weighted by Gasteiger charge is -2.54. The largest absolute Gasteiger partial charge is 0.449 e. The number of aliphatic hydroxyl groups is 1. The van der Waals surface area contributed by atoms with E-state index in [0.717, 1.165) is 13.8 Å². The number of rotatable bonds is 4. The molecule has 1 N–H and O–H groups in total. The quantitative estimate of drug-likeness (QED) is 0.554. The van der Waals surface area contributed by atoms with Crippen molar-refractivity contribution in [2.75, 3.05) is 0 Å². The van der Waals surface area contributed by atoms with E-state index in [-0.39, 0.29) is 6.42 Å². The fourth-order valence-electron chi connectivity index (χ4n) is 2.11. The van der Waals surface area contributed by atoms with Crippen LogP contribution < -0.4 is 0 Å². The molecule has 0 radical (unpaired) electrons. The van der Waals surface area contributed by atoms with Gasteiger partial charge in [0.2, 0.25) is 11.7 Å². The predicted molar refractivity (Wildman–Crippen MR) is 70.3 cm³/mol. The van der Waals surface area contributed by atoms with Crippen LogP contribution >= 0.6 is 0 Å². The van der Waals surface area contributed by atoms with Crippen LogP contribution in [-0.2, 0) is 14.3 Å². The summed E-state index contributed by atoms with van der Waals surface area (Å²) in [6.45, 7) is 2.92. The third-order valence-corrected chi connectivity index (χ3v) is 4.63. The highest BCUT2D eigenvalue weighted by Gasteiger charge is 2.87. The molecule has 0 aromatic heterocycles. The summed E-state index contributed by atoms with van der Waals surface area (Å²) in [5.74, 6) is -18.6. The van der Waals surface area contributed by atoms with E-state index < -0.39 is 60.2 Å². The average molecular weight is 420 g/mol. The predicted octanol–water partition coefficient (Wildman–Crippen LogP) is 3.91. The van der Waals surface area contributed by atoms with Crippen LogP contribution in [0.4, 0.5) is 39.5 Å². The van der Waals surface area contributed by atoms with E-state index in [1.54, 1.807) is 0 Å². The van der Waals surface area contributed by atoms with Crippen LogP contribution in [0, 0.1) is 5.41 Å². The second-order valence-corrected chi connectivity index (χ2v) is 6.90.